The van der Waals surface area contributed by atoms with Crippen molar-refractivity contribution in [3.8, 4) is 0 Å². The number of H-pyrrole nitrogens is 1. The number of allylic oxidation sites excluding steroid dienone is 1. The predicted molar refractivity (Wildman–Crippen MR) is 118 cm³/mol. The average Bonchev–Trinajstić information content (AvgIpc) is 2.77. The lowest BCUT2D eigenvalue weighted by Gasteiger charge is -2.33. The van der Waals surface area contributed by atoms with Gasteiger partial charge in [0.25, 0.3) is 11.5 Å². The van der Waals surface area contributed by atoms with Crippen LogP contribution < -0.4 is 15.8 Å². The Hall–Kier alpha value is -3.33. The van der Waals surface area contributed by atoms with Crippen LogP contribution in [0.3, 0.4) is 0 Å². The van der Waals surface area contributed by atoms with Crippen LogP contribution in [0, 0.1) is 4.77 Å². The molecule has 9 heteroatoms. The van der Waals surface area contributed by atoms with Crippen molar-refractivity contribution >= 4 is 35.0 Å². The van der Waals surface area contributed by atoms with Gasteiger partial charge in [0, 0.05) is 43.6 Å². The van der Waals surface area contributed by atoms with Gasteiger partial charge < -0.3 is 15.2 Å². The highest BCUT2D eigenvalue weighted by atomic mass is 32.1. The van der Waals surface area contributed by atoms with Gasteiger partial charge in [0.15, 0.2) is 4.77 Å². The Balaban J connectivity index is 1.53. The van der Waals surface area contributed by atoms with Gasteiger partial charge in [0.2, 0.25) is 5.95 Å². The summed E-state index contributed by atoms with van der Waals surface area (Å²) in [4.78, 5) is 39.2. The van der Waals surface area contributed by atoms with E-state index in [4.69, 9.17) is 12.2 Å². The van der Waals surface area contributed by atoms with Crippen LogP contribution in [0.5, 0.6) is 0 Å². The zero-order valence-electron chi connectivity index (χ0n) is 16.4. The molecule has 4 rings (SSSR count). The Kier molecular flexibility index (Phi) is 5.71. The van der Waals surface area contributed by atoms with Gasteiger partial charge in [-0.05, 0) is 49.3 Å². The lowest BCUT2D eigenvalue weighted by molar-refractivity contribution is 0.0933. The molecule has 2 aromatic heterocycles. The molecule has 2 N–H and O–H groups in total. The predicted octanol–water partition coefficient (Wildman–Crippen LogP) is 2.43. The molecule has 30 heavy (non-hydrogen) atoms. The number of hydrogen-bond donors (Lipinski definition) is 2. The number of fused-ring (bicyclic) bond motifs is 1. The number of aromatic nitrogens is 4. The highest BCUT2D eigenvalue weighted by Crippen LogP contribution is 2.16. The molecular weight excluding hydrogens is 400 g/mol. The lowest BCUT2D eigenvalue weighted by atomic mass is 10.0. The molecule has 3 aromatic rings. The van der Waals surface area contributed by atoms with Crippen molar-refractivity contribution in [1.82, 2.24) is 24.8 Å². The Bertz CT molecular complexity index is 1200. The van der Waals surface area contributed by atoms with Crippen molar-refractivity contribution in [2.75, 3.05) is 18.0 Å². The number of hydrogen-bond acceptors (Lipinski definition) is 6. The first-order chi connectivity index (χ1) is 14.6. The summed E-state index contributed by atoms with van der Waals surface area (Å²) < 4.78 is 1.74. The molecule has 1 atom stereocenters. The van der Waals surface area contributed by atoms with Gasteiger partial charge in [-0.3, -0.25) is 14.2 Å². The molecule has 1 fully saturated rings. The Labute approximate surface area is 178 Å². The fourth-order valence-corrected chi connectivity index (χ4v) is 3.96. The number of rotatable bonds is 5. The molecule has 0 bridgehead atoms. The molecule has 1 unspecified atom stereocenters. The van der Waals surface area contributed by atoms with Crippen LogP contribution in [0.4, 0.5) is 5.95 Å². The second-order valence-corrected chi connectivity index (χ2v) is 7.59. The molecule has 1 amide bonds. The van der Waals surface area contributed by atoms with Crippen LogP contribution in [0.1, 0.15) is 23.2 Å². The van der Waals surface area contributed by atoms with E-state index < -0.39 is 0 Å². The highest BCUT2D eigenvalue weighted by molar-refractivity contribution is 7.71. The number of anilines is 1. The first kappa shape index (κ1) is 20.0. The van der Waals surface area contributed by atoms with Crippen molar-refractivity contribution < 1.29 is 4.79 Å². The number of aromatic amines is 1. The van der Waals surface area contributed by atoms with Crippen LogP contribution in [0.2, 0.25) is 0 Å². The third-order valence-electron chi connectivity index (χ3n) is 5.15. The monoisotopic (exact) mass is 422 g/mol. The van der Waals surface area contributed by atoms with Crippen LogP contribution in [0.15, 0.2) is 54.1 Å². The highest BCUT2D eigenvalue weighted by Gasteiger charge is 2.23. The molecule has 1 aromatic carbocycles. The van der Waals surface area contributed by atoms with E-state index in [1.807, 2.05) is 0 Å². The van der Waals surface area contributed by atoms with Gasteiger partial charge in [-0.1, -0.05) is 6.08 Å². The normalized spacial score (nSPS) is 16.4. The summed E-state index contributed by atoms with van der Waals surface area (Å²) in [5.74, 6) is 0.484. The summed E-state index contributed by atoms with van der Waals surface area (Å²) in [6, 6.07) is 6.76. The molecule has 1 saturated heterocycles. The first-order valence-corrected chi connectivity index (χ1v) is 10.2. The van der Waals surface area contributed by atoms with Crippen LogP contribution >= 0.6 is 12.2 Å². The number of nitrogens with one attached hydrogen (secondary N) is 2. The fourth-order valence-electron chi connectivity index (χ4n) is 3.69. The number of nitrogens with zero attached hydrogens (tertiary/aromatic N) is 4. The summed E-state index contributed by atoms with van der Waals surface area (Å²) in [5, 5.41) is 3.57. The average molecular weight is 423 g/mol. The van der Waals surface area contributed by atoms with E-state index in [0.29, 0.717) is 40.3 Å². The molecule has 0 saturated carbocycles. The lowest BCUT2D eigenvalue weighted by Crippen LogP contribution is -2.48. The summed E-state index contributed by atoms with van der Waals surface area (Å²) in [5.41, 5.74) is 0.814. The van der Waals surface area contributed by atoms with Gasteiger partial charge in [-0.25, -0.2) is 9.97 Å². The minimum Gasteiger partial charge on any atom is -0.348 e. The molecule has 3 heterocycles. The maximum atomic E-state index is 12.8. The second kappa shape index (κ2) is 8.58. The van der Waals surface area contributed by atoms with Gasteiger partial charge in [0.05, 0.1) is 10.9 Å². The third kappa shape index (κ3) is 4.02. The standard InChI is InChI=1S/C21H22N6O2S/c1-2-10-27-19(29)16-7-6-14(12-17(16)25-21(27)30)18(28)24-15-5-3-11-26(13-15)20-22-8-4-9-23-20/h2,4,6-9,12,15H,1,3,5,10-11,13H2,(H,24,28)(H,25,30). The Morgan fingerprint density at radius 1 is 1.37 bits per heavy atom. The fraction of sp³-hybridized carbons (Fsp3) is 0.286. The van der Waals surface area contributed by atoms with Crippen molar-refractivity contribution in [3.63, 3.8) is 0 Å². The third-order valence-corrected chi connectivity index (χ3v) is 5.47. The minimum absolute atomic E-state index is 0.00941. The molecular formula is C21H22N6O2S. The minimum atomic E-state index is -0.202. The summed E-state index contributed by atoms with van der Waals surface area (Å²) in [6.07, 6.45) is 6.87. The van der Waals surface area contributed by atoms with Crippen LogP contribution in [-0.2, 0) is 6.54 Å². The quantitative estimate of drug-likeness (QED) is 0.484. The zero-order chi connectivity index (χ0) is 21.1. The Morgan fingerprint density at radius 3 is 2.93 bits per heavy atom. The molecule has 154 valence electrons. The maximum absolute atomic E-state index is 12.8. The van der Waals surface area contributed by atoms with Gasteiger partial charge in [0.1, 0.15) is 0 Å². The maximum Gasteiger partial charge on any atom is 0.262 e. The first-order valence-electron chi connectivity index (χ1n) is 9.77. The van der Waals surface area contributed by atoms with Crippen LogP contribution in [-0.4, -0.2) is 44.6 Å². The van der Waals surface area contributed by atoms with E-state index in [0.717, 1.165) is 19.4 Å². The number of carbonyl (C=O) groups is 1. The smallest absolute Gasteiger partial charge is 0.262 e. The number of amides is 1. The van der Waals surface area contributed by atoms with E-state index in [1.165, 1.54) is 4.57 Å². The van der Waals surface area contributed by atoms with Gasteiger partial charge in [-0.2, -0.15) is 0 Å². The number of benzene rings is 1. The molecule has 0 aliphatic carbocycles. The topological polar surface area (TPSA) is 95.9 Å². The largest absolute Gasteiger partial charge is 0.348 e. The number of piperidine rings is 1. The van der Waals surface area contributed by atoms with E-state index in [2.05, 4.69) is 31.7 Å². The summed E-state index contributed by atoms with van der Waals surface area (Å²) >= 11 is 5.27. The van der Waals surface area contributed by atoms with Crippen molar-refractivity contribution in [2.24, 2.45) is 0 Å². The van der Waals surface area contributed by atoms with E-state index in [-0.39, 0.29) is 17.5 Å². The van der Waals surface area contributed by atoms with Crippen molar-refractivity contribution in [2.45, 2.75) is 25.4 Å². The van der Waals surface area contributed by atoms with Crippen molar-refractivity contribution in [3.05, 3.63) is 70.0 Å². The van der Waals surface area contributed by atoms with E-state index in [1.54, 1.807) is 42.7 Å². The van der Waals surface area contributed by atoms with E-state index in [9.17, 15) is 9.59 Å². The van der Waals surface area contributed by atoms with Gasteiger partial charge in [-0.15, -0.1) is 6.58 Å². The zero-order valence-corrected chi connectivity index (χ0v) is 17.2. The summed E-state index contributed by atoms with van der Waals surface area (Å²) in [6.45, 7) is 5.49. The molecule has 1 aliphatic rings. The molecule has 8 nitrogen and oxygen atoms in total. The van der Waals surface area contributed by atoms with Crippen molar-refractivity contribution in [1.29, 1.82) is 0 Å². The Morgan fingerprint density at radius 2 is 2.17 bits per heavy atom. The summed E-state index contributed by atoms with van der Waals surface area (Å²) in [7, 11) is 0. The second-order valence-electron chi connectivity index (χ2n) is 7.20. The SMILES string of the molecule is C=CCn1c(=S)[nH]c2cc(C(=O)NC3CCCN(c4ncccn4)C3)ccc2c1=O. The molecule has 0 radical (unpaired) electrons. The van der Waals surface area contributed by atoms with Gasteiger partial charge >= 0.3 is 0 Å². The number of carbonyl (C=O) groups excluding carboxylic acids is 1. The molecule has 1 aliphatic heterocycles. The van der Waals surface area contributed by atoms with Crippen LogP contribution in [0.25, 0.3) is 10.9 Å². The van der Waals surface area contributed by atoms with E-state index >= 15 is 0 Å². The molecule has 0 spiro atoms.